The van der Waals surface area contributed by atoms with Crippen LogP contribution in [0.2, 0.25) is 0 Å². The van der Waals surface area contributed by atoms with Crippen LogP contribution in [0.5, 0.6) is 0 Å². The maximum Gasteiger partial charge on any atom is 0.245 e. The zero-order chi connectivity index (χ0) is 21.3. The Hall–Kier alpha value is -2.82. The SMILES string of the molecule is O=S(=O)(c1cccc2cccnc12)N1CCN(c2ccnc(N3CCOCC3)n2)CC1. The van der Waals surface area contributed by atoms with Gasteiger partial charge in [-0.25, -0.2) is 13.4 Å². The van der Waals surface area contributed by atoms with E-state index in [9.17, 15) is 8.42 Å². The van der Waals surface area contributed by atoms with E-state index in [2.05, 4.69) is 19.8 Å². The maximum absolute atomic E-state index is 13.3. The molecule has 2 fully saturated rings. The Bertz CT molecular complexity index is 1170. The van der Waals surface area contributed by atoms with Crippen molar-refractivity contribution < 1.29 is 13.2 Å². The van der Waals surface area contributed by atoms with Crippen LogP contribution in [-0.2, 0) is 14.8 Å². The lowest BCUT2D eigenvalue weighted by molar-refractivity contribution is 0.122. The molecular formula is C21H24N6O3S. The van der Waals surface area contributed by atoms with Crippen LogP contribution >= 0.6 is 0 Å². The van der Waals surface area contributed by atoms with Crippen molar-refractivity contribution in [3.63, 3.8) is 0 Å². The largest absolute Gasteiger partial charge is 0.378 e. The van der Waals surface area contributed by atoms with E-state index in [0.717, 1.165) is 24.3 Å². The fraction of sp³-hybridized carbons (Fsp3) is 0.381. The number of ether oxygens (including phenoxy) is 1. The van der Waals surface area contributed by atoms with Crippen LogP contribution in [0, 0.1) is 0 Å². The van der Waals surface area contributed by atoms with Crippen molar-refractivity contribution in [2.75, 3.05) is 62.3 Å². The Morgan fingerprint density at radius 2 is 1.58 bits per heavy atom. The zero-order valence-corrected chi connectivity index (χ0v) is 17.9. The number of hydrogen-bond donors (Lipinski definition) is 0. The van der Waals surface area contributed by atoms with Gasteiger partial charge in [0.2, 0.25) is 16.0 Å². The summed E-state index contributed by atoms with van der Waals surface area (Å²) in [6, 6.07) is 10.8. The molecule has 2 aromatic heterocycles. The van der Waals surface area contributed by atoms with E-state index in [1.165, 1.54) is 4.31 Å². The zero-order valence-electron chi connectivity index (χ0n) is 17.1. The number of fused-ring (bicyclic) bond motifs is 1. The molecule has 10 heteroatoms. The van der Waals surface area contributed by atoms with Crippen molar-refractivity contribution >= 4 is 32.7 Å². The molecule has 0 amide bonds. The summed E-state index contributed by atoms with van der Waals surface area (Å²) in [7, 11) is -3.63. The van der Waals surface area contributed by atoms with E-state index in [1.807, 2.05) is 24.3 Å². The third kappa shape index (κ3) is 3.93. The van der Waals surface area contributed by atoms with Gasteiger partial charge in [0.05, 0.1) is 18.7 Å². The van der Waals surface area contributed by atoms with Gasteiger partial charge >= 0.3 is 0 Å². The van der Waals surface area contributed by atoms with Crippen LogP contribution in [0.25, 0.3) is 10.9 Å². The van der Waals surface area contributed by atoms with Crippen LogP contribution in [0.15, 0.2) is 53.7 Å². The molecule has 1 aromatic carbocycles. The lowest BCUT2D eigenvalue weighted by atomic mass is 10.2. The number of benzene rings is 1. The molecule has 31 heavy (non-hydrogen) atoms. The molecule has 0 saturated carbocycles. The van der Waals surface area contributed by atoms with Crippen LogP contribution in [0.3, 0.4) is 0 Å². The lowest BCUT2D eigenvalue weighted by Crippen LogP contribution is -2.49. The minimum absolute atomic E-state index is 0.260. The molecule has 2 aliphatic rings. The van der Waals surface area contributed by atoms with Gasteiger partial charge in [0.25, 0.3) is 0 Å². The third-order valence-electron chi connectivity index (χ3n) is 5.70. The normalized spacial score (nSPS) is 18.5. The fourth-order valence-corrected chi connectivity index (χ4v) is 5.60. The van der Waals surface area contributed by atoms with Crippen molar-refractivity contribution in [2.24, 2.45) is 0 Å². The van der Waals surface area contributed by atoms with E-state index in [-0.39, 0.29) is 4.90 Å². The van der Waals surface area contributed by atoms with Gasteiger partial charge in [-0.15, -0.1) is 0 Å². The summed E-state index contributed by atoms with van der Waals surface area (Å²) in [6.07, 6.45) is 3.39. The summed E-state index contributed by atoms with van der Waals surface area (Å²) in [6.45, 7) is 4.81. The molecular weight excluding hydrogens is 416 g/mol. The quantitative estimate of drug-likeness (QED) is 0.601. The summed E-state index contributed by atoms with van der Waals surface area (Å²) in [5, 5.41) is 0.818. The standard InChI is InChI=1S/C21H24N6O3S/c28-31(29,18-5-1-3-17-4-2-7-22-20(17)18)27-11-9-25(10-12-27)19-6-8-23-21(24-19)26-13-15-30-16-14-26/h1-8H,9-16H2. The number of hydrogen-bond acceptors (Lipinski definition) is 8. The van der Waals surface area contributed by atoms with E-state index in [4.69, 9.17) is 9.72 Å². The first-order valence-corrected chi connectivity index (χ1v) is 11.8. The molecule has 2 saturated heterocycles. The van der Waals surface area contributed by atoms with Gasteiger partial charge in [-0.05, 0) is 18.2 Å². The first kappa shape index (κ1) is 20.1. The second kappa shape index (κ2) is 8.37. The highest BCUT2D eigenvalue weighted by Crippen LogP contribution is 2.26. The number of sulfonamides is 1. The predicted octanol–water partition coefficient (Wildman–Crippen LogP) is 1.37. The molecule has 0 aliphatic carbocycles. The molecule has 4 heterocycles. The van der Waals surface area contributed by atoms with E-state index >= 15 is 0 Å². The Kier molecular flexibility index (Phi) is 5.43. The van der Waals surface area contributed by atoms with Gasteiger partial charge in [0.1, 0.15) is 10.7 Å². The molecule has 0 N–H and O–H groups in total. The average molecular weight is 441 g/mol. The molecule has 2 aliphatic heterocycles. The number of para-hydroxylation sites is 1. The molecule has 5 rings (SSSR count). The number of piperazine rings is 1. The molecule has 0 atom stereocenters. The first-order chi connectivity index (χ1) is 15.1. The van der Waals surface area contributed by atoms with Crippen molar-refractivity contribution in [3.05, 3.63) is 48.8 Å². The third-order valence-corrected chi connectivity index (χ3v) is 7.63. The Morgan fingerprint density at radius 1 is 0.806 bits per heavy atom. The Balaban J connectivity index is 1.32. The first-order valence-electron chi connectivity index (χ1n) is 10.4. The summed E-state index contributed by atoms with van der Waals surface area (Å²) in [4.78, 5) is 17.9. The minimum Gasteiger partial charge on any atom is -0.378 e. The van der Waals surface area contributed by atoms with E-state index in [1.54, 1.807) is 24.5 Å². The van der Waals surface area contributed by atoms with Crippen molar-refractivity contribution in [1.82, 2.24) is 19.3 Å². The molecule has 162 valence electrons. The Morgan fingerprint density at radius 3 is 2.39 bits per heavy atom. The minimum atomic E-state index is -3.63. The fourth-order valence-electron chi connectivity index (χ4n) is 4.01. The van der Waals surface area contributed by atoms with Gasteiger partial charge in [-0.3, -0.25) is 4.98 Å². The summed E-state index contributed by atoms with van der Waals surface area (Å²) >= 11 is 0. The molecule has 9 nitrogen and oxygen atoms in total. The summed E-state index contributed by atoms with van der Waals surface area (Å²) in [5.41, 5.74) is 0.512. The molecule has 0 spiro atoms. The number of anilines is 2. The number of nitrogens with zero attached hydrogens (tertiary/aromatic N) is 6. The second-order valence-electron chi connectivity index (χ2n) is 7.54. The van der Waals surface area contributed by atoms with Gasteiger partial charge in [0, 0.05) is 57.0 Å². The smallest absolute Gasteiger partial charge is 0.245 e. The molecule has 0 bridgehead atoms. The highest BCUT2D eigenvalue weighted by Gasteiger charge is 2.30. The number of pyridine rings is 1. The number of morpholine rings is 1. The summed E-state index contributed by atoms with van der Waals surface area (Å²) < 4.78 is 33.6. The van der Waals surface area contributed by atoms with Gasteiger partial charge in [-0.2, -0.15) is 9.29 Å². The highest BCUT2D eigenvalue weighted by molar-refractivity contribution is 7.89. The molecule has 0 radical (unpaired) electrons. The maximum atomic E-state index is 13.3. The Labute approximate surface area is 181 Å². The highest BCUT2D eigenvalue weighted by atomic mass is 32.2. The van der Waals surface area contributed by atoms with Gasteiger partial charge < -0.3 is 14.5 Å². The number of rotatable bonds is 4. The lowest BCUT2D eigenvalue weighted by Gasteiger charge is -2.35. The van der Waals surface area contributed by atoms with E-state index < -0.39 is 10.0 Å². The second-order valence-corrected chi connectivity index (χ2v) is 9.44. The van der Waals surface area contributed by atoms with E-state index in [0.29, 0.717) is 50.9 Å². The average Bonchev–Trinajstić information content (AvgIpc) is 2.84. The number of aromatic nitrogens is 3. The van der Waals surface area contributed by atoms with Crippen LogP contribution in [0.1, 0.15) is 0 Å². The summed E-state index contributed by atoms with van der Waals surface area (Å²) in [5.74, 6) is 1.51. The van der Waals surface area contributed by atoms with Crippen molar-refractivity contribution in [3.8, 4) is 0 Å². The van der Waals surface area contributed by atoms with Crippen molar-refractivity contribution in [1.29, 1.82) is 0 Å². The topological polar surface area (TPSA) is 91.8 Å². The van der Waals surface area contributed by atoms with Crippen molar-refractivity contribution in [2.45, 2.75) is 4.90 Å². The predicted molar refractivity (Wildman–Crippen MR) is 118 cm³/mol. The monoisotopic (exact) mass is 440 g/mol. The van der Waals surface area contributed by atoms with Crippen LogP contribution in [-0.4, -0.2) is 80.2 Å². The molecule has 3 aromatic rings. The van der Waals surface area contributed by atoms with Crippen LogP contribution in [0.4, 0.5) is 11.8 Å². The van der Waals surface area contributed by atoms with Gasteiger partial charge in [0.15, 0.2) is 0 Å². The molecule has 0 unspecified atom stereocenters. The van der Waals surface area contributed by atoms with Gasteiger partial charge in [-0.1, -0.05) is 18.2 Å². The van der Waals surface area contributed by atoms with Crippen LogP contribution < -0.4 is 9.80 Å².